The Hall–Kier alpha value is -2.78. The lowest BCUT2D eigenvalue weighted by atomic mass is 9.95. The van der Waals surface area contributed by atoms with Crippen molar-refractivity contribution in [2.75, 3.05) is 26.4 Å². The first kappa shape index (κ1) is 19.5. The Bertz CT molecular complexity index is 705. The number of hydrogen-bond acceptors (Lipinski definition) is 8. The average Bonchev–Trinajstić information content (AvgIpc) is 2.66. The van der Waals surface area contributed by atoms with Gasteiger partial charge in [-0.25, -0.2) is 0 Å². The molecule has 0 aromatic carbocycles. The molecular formula is C18H18N2O6. The second kappa shape index (κ2) is 9.07. The molecule has 0 aromatic rings. The molecule has 8 heteroatoms. The van der Waals surface area contributed by atoms with Gasteiger partial charge < -0.3 is 20.4 Å². The summed E-state index contributed by atoms with van der Waals surface area (Å²) in [5.74, 6) is -0.831. The van der Waals surface area contributed by atoms with Gasteiger partial charge in [0.15, 0.2) is 11.6 Å². The highest BCUT2D eigenvalue weighted by Gasteiger charge is 2.19. The smallest absolute Gasteiger partial charge is 0.189 e. The summed E-state index contributed by atoms with van der Waals surface area (Å²) >= 11 is 0. The predicted octanol–water partition coefficient (Wildman–Crippen LogP) is 0.0466. The van der Waals surface area contributed by atoms with Gasteiger partial charge in [-0.15, -0.1) is 0 Å². The number of azo groups is 1. The lowest BCUT2D eigenvalue weighted by molar-refractivity contribution is -0.113. The van der Waals surface area contributed by atoms with Gasteiger partial charge in [-0.3, -0.25) is 9.59 Å². The van der Waals surface area contributed by atoms with Crippen molar-refractivity contribution in [2.24, 2.45) is 10.2 Å². The molecule has 0 amide bonds. The van der Waals surface area contributed by atoms with Gasteiger partial charge >= 0.3 is 0 Å². The molecule has 2 aliphatic rings. The van der Waals surface area contributed by atoms with E-state index in [4.69, 9.17) is 0 Å². The van der Waals surface area contributed by atoms with Crippen molar-refractivity contribution in [3.63, 3.8) is 0 Å². The number of nitrogens with zero attached hydrogens (tertiary/aromatic N) is 2. The number of aliphatic hydroxyl groups excluding tert-OH is 4. The van der Waals surface area contributed by atoms with E-state index in [1.54, 1.807) is 0 Å². The van der Waals surface area contributed by atoms with Crippen molar-refractivity contribution < 1.29 is 30.0 Å². The molecular weight excluding hydrogens is 340 g/mol. The molecule has 0 aromatic heterocycles. The minimum Gasteiger partial charge on any atom is -0.392 e. The molecule has 0 bridgehead atoms. The molecule has 0 unspecified atom stereocenters. The van der Waals surface area contributed by atoms with Crippen molar-refractivity contribution in [1.82, 2.24) is 0 Å². The summed E-state index contributed by atoms with van der Waals surface area (Å²) in [6, 6.07) is 0. The maximum atomic E-state index is 11.8. The maximum absolute atomic E-state index is 11.8. The highest BCUT2D eigenvalue weighted by Crippen LogP contribution is 2.20. The number of carbonyl (C=O) groups excluding carboxylic acids is 2. The Balaban J connectivity index is 2.22. The van der Waals surface area contributed by atoms with E-state index in [1.807, 2.05) is 0 Å². The van der Waals surface area contributed by atoms with Gasteiger partial charge in [-0.1, -0.05) is 0 Å². The second-order valence-corrected chi connectivity index (χ2v) is 5.46. The maximum Gasteiger partial charge on any atom is 0.189 e. The summed E-state index contributed by atoms with van der Waals surface area (Å²) in [5, 5.41) is 44.4. The van der Waals surface area contributed by atoms with Crippen molar-refractivity contribution in [2.45, 2.75) is 0 Å². The summed E-state index contributed by atoms with van der Waals surface area (Å²) in [7, 11) is 0. The van der Waals surface area contributed by atoms with Gasteiger partial charge in [-0.05, 0) is 35.5 Å². The number of Topliss-reactive ketones (excluding diaryl/α,β-unsaturated/α-hetero) is 2. The summed E-state index contributed by atoms with van der Waals surface area (Å²) in [6.07, 6.45) is 8.47. The molecule has 0 fully saturated rings. The molecule has 0 aliphatic heterocycles. The van der Waals surface area contributed by atoms with Crippen molar-refractivity contribution in [3.8, 4) is 0 Å². The first-order valence-electron chi connectivity index (χ1n) is 7.69. The standard InChI is InChI=1S/C18H18N2O6/c21-7-13-1-11(2-14(8-22)17(13)25)5-19-20-6-12-3-15(9-23)18(26)16(4-12)10-24/h1-6,21-24H,7-10H2. The number of ketones is 2. The van der Waals surface area contributed by atoms with Gasteiger partial charge in [0, 0.05) is 22.3 Å². The normalized spacial score (nSPS) is 17.8. The zero-order chi connectivity index (χ0) is 19.1. The fraction of sp³-hybridized carbons (Fsp3) is 0.222. The van der Waals surface area contributed by atoms with Crippen LogP contribution in [-0.4, -0.2) is 58.4 Å². The van der Waals surface area contributed by atoms with Crippen LogP contribution in [0, 0.1) is 0 Å². The van der Waals surface area contributed by atoms with Crippen LogP contribution in [0.5, 0.6) is 0 Å². The molecule has 2 aliphatic carbocycles. The van der Waals surface area contributed by atoms with Gasteiger partial charge in [-0.2, -0.15) is 10.2 Å². The van der Waals surface area contributed by atoms with Crippen LogP contribution in [0.1, 0.15) is 0 Å². The highest BCUT2D eigenvalue weighted by molar-refractivity contribution is 6.11. The van der Waals surface area contributed by atoms with Crippen LogP contribution in [0.2, 0.25) is 0 Å². The van der Waals surface area contributed by atoms with Crippen molar-refractivity contribution in [3.05, 3.63) is 70.1 Å². The molecule has 0 saturated heterocycles. The monoisotopic (exact) mass is 358 g/mol. The Morgan fingerprint density at radius 2 is 0.885 bits per heavy atom. The van der Waals surface area contributed by atoms with E-state index < -0.39 is 38.0 Å². The minimum absolute atomic E-state index is 0.146. The van der Waals surface area contributed by atoms with Crippen LogP contribution < -0.4 is 0 Å². The van der Waals surface area contributed by atoms with Crippen LogP contribution in [0.25, 0.3) is 0 Å². The summed E-state index contributed by atoms with van der Waals surface area (Å²) in [5.41, 5.74) is 1.55. The molecule has 2 rings (SSSR count). The van der Waals surface area contributed by atoms with E-state index in [-0.39, 0.29) is 22.3 Å². The first-order chi connectivity index (χ1) is 12.5. The molecule has 0 atom stereocenters. The van der Waals surface area contributed by atoms with Crippen LogP contribution in [0.3, 0.4) is 0 Å². The van der Waals surface area contributed by atoms with E-state index in [9.17, 15) is 30.0 Å². The van der Waals surface area contributed by atoms with E-state index in [1.165, 1.54) is 36.7 Å². The van der Waals surface area contributed by atoms with Gasteiger partial charge in [0.05, 0.1) is 38.8 Å². The molecule has 26 heavy (non-hydrogen) atoms. The van der Waals surface area contributed by atoms with Crippen LogP contribution in [0.4, 0.5) is 0 Å². The van der Waals surface area contributed by atoms with Crippen molar-refractivity contribution >= 4 is 11.6 Å². The van der Waals surface area contributed by atoms with E-state index in [0.29, 0.717) is 11.1 Å². The number of allylic oxidation sites excluding steroid dienone is 6. The quantitative estimate of drug-likeness (QED) is 0.495. The number of rotatable bonds is 6. The molecule has 0 radical (unpaired) electrons. The summed E-state index contributed by atoms with van der Waals surface area (Å²) in [6.45, 7) is -1.81. The molecule has 0 saturated carbocycles. The van der Waals surface area contributed by atoms with E-state index in [2.05, 4.69) is 10.2 Å². The molecule has 8 nitrogen and oxygen atoms in total. The Labute approximate surface area is 149 Å². The molecule has 0 spiro atoms. The largest absolute Gasteiger partial charge is 0.392 e. The van der Waals surface area contributed by atoms with Gasteiger partial charge in [0.2, 0.25) is 0 Å². The first-order valence-corrected chi connectivity index (χ1v) is 7.69. The van der Waals surface area contributed by atoms with Gasteiger partial charge in [0.25, 0.3) is 0 Å². The Morgan fingerprint density at radius 1 is 0.615 bits per heavy atom. The fourth-order valence-corrected chi connectivity index (χ4v) is 2.38. The lowest BCUT2D eigenvalue weighted by Crippen LogP contribution is -2.16. The Morgan fingerprint density at radius 3 is 1.12 bits per heavy atom. The minimum atomic E-state index is -0.452. The van der Waals surface area contributed by atoms with Crippen LogP contribution >= 0.6 is 0 Å². The average molecular weight is 358 g/mol. The van der Waals surface area contributed by atoms with Crippen LogP contribution in [-0.2, 0) is 9.59 Å². The number of aliphatic hydroxyl groups is 4. The molecule has 136 valence electrons. The highest BCUT2D eigenvalue weighted by atomic mass is 16.3. The number of hydrogen-bond donors (Lipinski definition) is 4. The third-order valence-corrected chi connectivity index (χ3v) is 3.69. The topological polar surface area (TPSA) is 140 Å². The number of carbonyl (C=O) groups is 2. The third-order valence-electron chi connectivity index (χ3n) is 3.69. The van der Waals surface area contributed by atoms with E-state index >= 15 is 0 Å². The fourth-order valence-electron chi connectivity index (χ4n) is 2.38. The second-order valence-electron chi connectivity index (χ2n) is 5.46. The SMILES string of the molecule is O=C1C(CO)=CC(=CN=NC=C2C=C(CO)C(=O)C(CO)=C2)C=C1CO. The zero-order valence-electron chi connectivity index (χ0n) is 13.8. The molecule has 4 N–H and O–H groups in total. The van der Waals surface area contributed by atoms with Gasteiger partial charge in [0.1, 0.15) is 0 Å². The lowest BCUT2D eigenvalue weighted by Gasteiger charge is -2.12. The summed E-state index contributed by atoms with van der Waals surface area (Å²) < 4.78 is 0. The van der Waals surface area contributed by atoms with Crippen molar-refractivity contribution in [1.29, 1.82) is 0 Å². The predicted molar refractivity (Wildman–Crippen MR) is 91.7 cm³/mol. The third kappa shape index (κ3) is 4.44. The Kier molecular flexibility index (Phi) is 6.81. The van der Waals surface area contributed by atoms with E-state index in [0.717, 1.165) is 0 Å². The van der Waals surface area contributed by atoms with Crippen LogP contribution in [0.15, 0.2) is 80.4 Å². The molecule has 0 heterocycles. The zero-order valence-corrected chi connectivity index (χ0v) is 13.8. The summed E-state index contributed by atoms with van der Waals surface area (Å²) in [4.78, 5) is 23.6.